The van der Waals surface area contributed by atoms with Gasteiger partial charge < -0.3 is 14.6 Å². The number of rotatable bonds is 20. The molecule has 1 fully saturated rings. The molecule has 0 saturated heterocycles. The van der Waals surface area contributed by atoms with Crippen molar-refractivity contribution in [2.24, 2.45) is 11.8 Å². The minimum Gasteiger partial charge on any atom is -0.550 e. The van der Waals surface area contributed by atoms with Gasteiger partial charge in [-0.1, -0.05) is 103 Å². The zero-order chi connectivity index (χ0) is 23.3. The zero-order valence-corrected chi connectivity index (χ0v) is 23.8. The predicted molar refractivity (Wildman–Crippen MR) is 130 cm³/mol. The van der Waals surface area contributed by atoms with Crippen LogP contribution in [-0.4, -0.2) is 18.5 Å². The van der Waals surface area contributed by atoms with E-state index in [4.69, 9.17) is 4.74 Å². The third kappa shape index (κ3) is 17.7. The molecule has 0 N–H and O–H groups in total. The Hall–Kier alpha value is -0.320. The molecule has 4 nitrogen and oxygen atoms in total. The van der Waals surface area contributed by atoms with E-state index in [0.29, 0.717) is 19.4 Å². The van der Waals surface area contributed by atoms with Crippen LogP contribution >= 0.6 is 0 Å². The molecule has 2 unspecified atom stereocenters. The summed E-state index contributed by atoms with van der Waals surface area (Å²) in [5.74, 6) is -2.61. The van der Waals surface area contributed by atoms with Crippen LogP contribution in [0.2, 0.25) is 0 Å². The Morgan fingerprint density at radius 2 is 1.18 bits per heavy atom. The second kappa shape index (κ2) is 23.4. The fraction of sp³-hybridized carbons (Fsp3) is 0.857. The summed E-state index contributed by atoms with van der Waals surface area (Å²) in [6, 6.07) is 0. The van der Waals surface area contributed by atoms with Gasteiger partial charge in [-0.15, -0.1) is 0 Å². The molecule has 0 bridgehead atoms. The van der Waals surface area contributed by atoms with E-state index in [-0.39, 0.29) is 35.5 Å². The largest absolute Gasteiger partial charge is 1.00 e. The Bertz CT molecular complexity index is 506. The number of unbranched alkanes of at least 4 members (excludes halogenated alkanes) is 14. The second-order valence-electron chi connectivity index (χ2n) is 9.63. The van der Waals surface area contributed by atoms with Crippen molar-refractivity contribution in [2.45, 2.75) is 135 Å². The van der Waals surface area contributed by atoms with Crippen molar-refractivity contribution < 1.29 is 49.0 Å². The molecule has 186 valence electrons. The summed E-state index contributed by atoms with van der Waals surface area (Å²) in [6.07, 6.45) is 28.0. The van der Waals surface area contributed by atoms with Crippen LogP contribution in [0.25, 0.3) is 0 Å². The molecule has 1 aliphatic rings. The van der Waals surface area contributed by atoms with Gasteiger partial charge >= 0.3 is 35.5 Å². The van der Waals surface area contributed by atoms with Crippen LogP contribution in [0.15, 0.2) is 12.2 Å². The molecule has 0 heterocycles. The van der Waals surface area contributed by atoms with E-state index in [1.807, 2.05) is 0 Å². The number of allylic oxidation sites excluding steroid dienone is 2. The van der Waals surface area contributed by atoms with Crippen molar-refractivity contribution in [3.8, 4) is 0 Å². The first kappa shape index (κ1) is 32.7. The van der Waals surface area contributed by atoms with Gasteiger partial charge in [0.25, 0.3) is 0 Å². The molecule has 1 rings (SSSR count). The zero-order valence-electron chi connectivity index (χ0n) is 21.8. The summed E-state index contributed by atoms with van der Waals surface area (Å²) in [6.45, 7) is 2.68. The fourth-order valence-corrected chi connectivity index (χ4v) is 4.68. The Kier molecular flexibility index (Phi) is 23.2. The van der Waals surface area contributed by atoms with Crippen LogP contribution in [0.4, 0.5) is 0 Å². The van der Waals surface area contributed by atoms with Crippen molar-refractivity contribution in [1.29, 1.82) is 0 Å². The quantitative estimate of drug-likeness (QED) is 0.117. The second-order valence-corrected chi connectivity index (χ2v) is 9.63. The molecule has 1 saturated carbocycles. The van der Waals surface area contributed by atoms with Crippen molar-refractivity contribution >= 4 is 11.9 Å². The minimum atomic E-state index is -1.10. The number of carboxylic acid groups (broad SMARTS) is 1. The molecular formula is C28H49NaO4. The van der Waals surface area contributed by atoms with Gasteiger partial charge in [-0.25, -0.2) is 0 Å². The summed E-state index contributed by atoms with van der Waals surface area (Å²) in [5.41, 5.74) is 0. The fourth-order valence-electron chi connectivity index (χ4n) is 4.68. The Morgan fingerprint density at radius 1 is 0.727 bits per heavy atom. The molecule has 0 spiro atoms. The van der Waals surface area contributed by atoms with Gasteiger partial charge in [-0.2, -0.15) is 0 Å². The molecule has 0 aliphatic heterocycles. The van der Waals surface area contributed by atoms with Gasteiger partial charge in [-0.3, -0.25) is 4.79 Å². The van der Waals surface area contributed by atoms with Gasteiger partial charge in [0.1, 0.15) is 0 Å². The molecule has 5 heteroatoms. The number of carbonyl (C=O) groups is 2. The van der Waals surface area contributed by atoms with Gasteiger partial charge in [-0.05, 0) is 44.9 Å². The first-order valence-electron chi connectivity index (χ1n) is 13.7. The molecule has 0 aromatic carbocycles. The molecule has 0 aromatic rings. The first-order chi connectivity index (χ1) is 15.7. The van der Waals surface area contributed by atoms with Gasteiger partial charge in [0.05, 0.1) is 12.5 Å². The molecule has 0 radical (unpaired) electrons. The first-order valence-corrected chi connectivity index (χ1v) is 13.7. The molecular weight excluding hydrogens is 423 g/mol. The van der Waals surface area contributed by atoms with Crippen molar-refractivity contribution in [3.63, 3.8) is 0 Å². The van der Waals surface area contributed by atoms with Gasteiger partial charge in [0, 0.05) is 11.9 Å². The van der Waals surface area contributed by atoms with E-state index in [1.54, 1.807) is 0 Å². The van der Waals surface area contributed by atoms with Crippen LogP contribution in [0, 0.1) is 11.8 Å². The average Bonchev–Trinajstić information content (AvgIpc) is 2.80. The van der Waals surface area contributed by atoms with Gasteiger partial charge in [0.2, 0.25) is 0 Å². The van der Waals surface area contributed by atoms with E-state index >= 15 is 0 Å². The van der Waals surface area contributed by atoms with Crippen LogP contribution in [0.3, 0.4) is 0 Å². The molecule has 2 atom stereocenters. The van der Waals surface area contributed by atoms with Crippen LogP contribution in [0.5, 0.6) is 0 Å². The SMILES string of the molecule is CCCCCCCCCCCC/C=C/CCCCCCOC(=O)C1CCCCC1C(=O)[O-].[Na+]. The third-order valence-electron chi connectivity index (χ3n) is 6.77. The van der Waals surface area contributed by atoms with Crippen LogP contribution in [-0.2, 0) is 14.3 Å². The van der Waals surface area contributed by atoms with Crippen molar-refractivity contribution in [2.75, 3.05) is 6.61 Å². The number of esters is 1. The van der Waals surface area contributed by atoms with E-state index in [2.05, 4.69) is 19.1 Å². The number of ether oxygens (including phenoxy) is 1. The summed E-state index contributed by atoms with van der Waals surface area (Å²) < 4.78 is 5.35. The summed E-state index contributed by atoms with van der Waals surface area (Å²) in [5, 5.41) is 11.2. The van der Waals surface area contributed by atoms with E-state index in [9.17, 15) is 14.7 Å². The standard InChI is InChI=1S/C28H50O4.Na/c1-2-3-4-5-6-7-8-9-10-11-12-13-14-15-16-17-18-21-24-32-28(31)26-23-20-19-22-25(26)27(29)30;/h13-14,25-26H,2-12,15-24H2,1H3,(H,29,30);/q;+1/p-1/b14-13+;. The van der Waals surface area contributed by atoms with Crippen LogP contribution < -0.4 is 34.7 Å². The van der Waals surface area contributed by atoms with Crippen molar-refractivity contribution in [3.05, 3.63) is 12.2 Å². The molecule has 33 heavy (non-hydrogen) atoms. The number of aliphatic carboxylic acids is 1. The Morgan fingerprint density at radius 3 is 1.70 bits per heavy atom. The number of carbonyl (C=O) groups excluding carboxylic acids is 2. The maximum atomic E-state index is 12.2. The van der Waals surface area contributed by atoms with E-state index in [1.165, 1.54) is 77.0 Å². The minimum absolute atomic E-state index is 0. The summed E-state index contributed by atoms with van der Waals surface area (Å²) in [7, 11) is 0. The monoisotopic (exact) mass is 472 g/mol. The molecule has 0 aromatic heterocycles. The smallest absolute Gasteiger partial charge is 0.550 e. The number of hydrogen-bond acceptors (Lipinski definition) is 4. The number of carboxylic acids is 1. The van der Waals surface area contributed by atoms with E-state index in [0.717, 1.165) is 38.5 Å². The van der Waals surface area contributed by atoms with E-state index < -0.39 is 17.8 Å². The predicted octanol–water partition coefficient (Wildman–Crippen LogP) is 3.91. The average molecular weight is 473 g/mol. The molecule has 1 aliphatic carbocycles. The van der Waals surface area contributed by atoms with Crippen LogP contribution in [0.1, 0.15) is 135 Å². The number of hydrogen-bond donors (Lipinski definition) is 0. The Balaban J connectivity index is 0.0000102. The maximum Gasteiger partial charge on any atom is 1.00 e. The maximum absolute atomic E-state index is 12.2. The Labute approximate surface area is 226 Å². The third-order valence-corrected chi connectivity index (χ3v) is 6.77. The topological polar surface area (TPSA) is 66.4 Å². The molecule has 0 amide bonds. The normalized spacial score (nSPS) is 18.2. The summed E-state index contributed by atoms with van der Waals surface area (Å²) >= 11 is 0. The van der Waals surface area contributed by atoms with Crippen molar-refractivity contribution in [1.82, 2.24) is 0 Å². The summed E-state index contributed by atoms with van der Waals surface area (Å²) in [4.78, 5) is 23.4. The van der Waals surface area contributed by atoms with Gasteiger partial charge in [0.15, 0.2) is 0 Å².